The fourth-order valence-corrected chi connectivity index (χ4v) is 2.06. The Kier molecular flexibility index (Phi) is 4.64. The Labute approximate surface area is 122 Å². The zero-order chi connectivity index (χ0) is 13.0. The first-order valence-electron chi connectivity index (χ1n) is 6.12. The lowest BCUT2D eigenvalue weighted by molar-refractivity contribution is 0.306. The van der Waals surface area contributed by atoms with Crippen molar-refractivity contribution in [2.24, 2.45) is 0 Å². The van der Waals surface area contributed by atoms with Crippen LogP contribution < -0.4 is 4.74 Å². The molecule has 0 amide bonds. The Balaban J connectivity index is 1.95. The SMILES string of the molecule is CC(C)c1ccc(COc2ccc(I)cc2)cc1. The second-order valence-corrected chi connectivity index (χ2v) is 5.88. The average molecular weight is 352 g/mol. The molecule has 1 nitrogen and oxygen atoms in total. The lowest BCUT2D eigenvalue weighted by atomic mass is 10.0. The van der Waals surface area contributed by atoms with E-state index >= 15 is 0 Å². The van der Waals surface area contributed by atoms with Crippen molar-refractivity contribution in [1.82, 2.24) is 0 Å². The maximum Gasteiger partial charge on any atom is 0.119 e. The van der Waals surface area contributed by atoms with E-state index in [4.69, 9.17) is 4.74 Å². The molecule has 2 aromatic carbocycles. The van der Waals surface area contributed by atoms with Crippen molar-refractivity contribution in [3.8, 4) is 5.75 Å². The summed E-state index contributed by atoms with van der Waals surface area (Å²) in [5, 5.41) is 0. The minimum absolute atomic E-state index is 0.580. The molecule has 2 aromatic rings. The Bertz CT molecular complexity index is 486. The number of rotatable bonds is 4. The van der Waals surface area contributed by atoms with E-state index in [1.165, 1.54) is 14.7 Å². The monoisotopic (exact) mass is 352 g/mol. The van der Waals surface area contributed by atoms with Crippen LogP contribution in [-0.4, -0.2) is 0 Å². The topological polar surface area (TPSA) is 9.23 Å². The van der Waals surface area contributed by atoms with Gasteiger partial charge in [-0.15, -0.1) is 0 Å². The minimum Gasteiger partial charge on any atom is -0.489 e. The first-order chi connectivity index (χ1) is 8.65. The molecule has 0 aliphatic carbocycles. The molecule has 0 saturated carbocycles. The van der Waals surface area contributed by atoms with Gasteiger partial charge in [-0.1, -0.05) is 38.1 Å². The molecular weight excluding hydrogens is 335 g/mol. The van der Waals surface area contributed by atoms with E-state index in [1.54, 1.807) is 0 Å². The van der Waals surface area contributed by atoms with Crippen LogP contribution in [0.15, 0.2) is 48.5 Å². The quantitative estimate of drug-likeness (QED) is 0.704. The summed E-state index contributed by atoms with van der Waals surface area (Å²) in [6, 6.07) is 16.8. The molecule has 0 radical (unpaired) electrons. The Hall–Kier alpha value is -1.03. The molecule has 0 N–H and O–H groups in total. The number of hydrogen-bond donors (Lipinski definition) is 0. The molecular formula is C16H17IO. The van der Waals surface area contributed by atoms with Crippen molar-refractivity contribution < 1.29 is 4.74 Å². The average Bonchev–Trinajstić information content (AvgIpc) is 2.38. The third-order valence-corrected chi connectivity index (χ3v) is 3.58. The summed E-state index contributed by atoms with van der Waals surface area (Å²) in [4.78, 5) is 0. The van der Waals surface area contributed by atoms with E-state index in [2.05, 4.69) is 72.8 Å². The van der Waals surface area contributed by atoms with E-state index in [-0.39, 0.29) is 0 Å². The van der Waals surface area contributed by atoms with Gasteiger partial charge in [0.25, 0.3) is 0 Å². The van der Waals surface area contributed by atoms with E-state index in [0.29, 0.717) is 12.5 Å². The zero-order valence-electron chi connectivity index (χ0n) is 10.7. The predicted molar refractivity (Wildman–Crippen MR) is 84.0 cm³/mol. The van der Waals surface area contributed by atoms with Crippen LogP contribution in [0.1, 0.15) is 30.9 Å². The van der Waals surface area contributed by atoms with Crippen LogP contribution in [-0.2, 0) is 6.61 Å². The number of ether oxygens (including phenoxy) is 1. The van der Waals surface area contributed by atoms with Crippen LogP contribution in [0.25, 0.3) is 0 Å². The van der Waals surface area contributed by atoms with Gasteiger partial charge in [-0.2, -0.15) is 0 Å². The van der Waals surface area contributed by atoms with Gasteiger partial charge in [0.1, 0.15) is 12.4 Å². The van der Waals surface area contributed by atoms with Gasteiger partial charge in [0, 0.05) is 3.57 Å². The zero-order valence-corrected chi connectivity index (χ0v) is 12.8. The van der Waals surface area contributed by atoms with Crippen LogP contribution in [0, 0.1) is 3.57 Å². The van der Waals surface area contributed by atoms with Gasteiger partial charge in [0.15, 0.2) is 0 Å². The van der Waals surface area contributed by atoms with E-state index in [0.717, 1.165) is 5.75 Å². The lowest BCUT2D eigenvalue weighted by Crippen LogP contribution is -1.96. The van der Waals surface area contributed by atoms with E-state index in [1.807, 2.05) is 12.1 Å². The fourth-order valence-electron chi connectivity index (χ4n) is 1.70. The molecule has 18 heavy (non-hydrogen) atoms. The van der Waals surface area contributed by atoms with Crippen LogP contribution >= 0.6 is 22.6 Å². The normalized spacial score (nSPS) is 10.7. The Morgan fingerprint density at radius 2 is 1.56 bits per heavy atom. The van der Waals surface area contributed by atoms with Gasteiger partial charge in [-0.3, -0.25) is 0 Å². The molecule has 2 rings (SSSR count). The highest BCUT2D eigenvalue weighted by molar-refractivity contribution is 14.1. The summed E-state index contributed by atoms with van der Waals surface area (Å²) in [6.45, 7) is 5.03. The molecule has 94 valence electrons. The highest BCUT2D eigenvalue weighted by atomic mass is 127. The molecule has 0 atom stereocenters. The Morgan fingerprint density at radius 3 is 2.11 bits per heavy atom. The van der Waals surface area contributed by atoms with Crippen molar-refractivity contribution in [2.45, 2.75) is 26.4 Å². The standard InChI is InChI=1S/C16H17IO/c1-12(2)14-5-3-13(4-6-14)11-18-16-9-7-15(17)8-10-16/h3-10,12H,11H2,1-2H3. The van der Waals surface area contributed by atoms with Gasteiger partial charge in [-0.05, 0) is 63.9 Å². The van der Waals surface area contributed by atoms with Gasteiger partial charge >= 0.3 is 0 Å². The van der Waals surface area contributed by atoms with E-state index in [9.17, 15) is 0 Å². The second kappa shape index (κ2) is 6.23. The van der Waals surface area contributed by atoms with Crippen LogP contribution in [0.4, 0.5) is 0 Å². The largest absolute Gasteiger partial charge is 0.489 e. The van der Waals surface area contributed by atoms with Crippen LogP contribution in [0.3, 0.4) is 0 Å². The summed E-state index contributed by atoms with van der Waals surface area (Å²) in [5.41, 5.74) is 2.57. The molecule has 0 saturated heterocycles. The van der Waals surface area contributed by atoms with Crippen molar-refractivity contribution >= 4 is 22.6 Å². The highest BCUT2D eigenvalue weighted by Gasteiger charge is 2.00. The molecule has 2 heteroatoms. The van der Waals surface area contributed by atoms with Crippen molar-refractivity contribution in [1.29, 1.82) is 0 Å². The molecule has 0 aliphatic heterocycles. The maximum atomic E-state index is 5.74. The van der Waals surface area contributed by atoms with Gasteiger partial charge in [-0.25, -0.2) is 0 Å². The third kappa shape index (κ3) is 3.73. The summed E-state index contributed by atoms with van der Waals surface area (Å²) < 4.78 is 6.97. The van der Waals surface area contributed by atoms with Crippen molar-refractivity contribution in [2.75, 3.05) is 0 Å². The molecule has 0 fully saturated rings. The number of benzene rings is 2. The minimum atomic E-state index is 0.580. The third-order valence-electron chi connectivity index (χ3n) is 2.87. The molecule has 0 spiro atoms. The summed E-state index contributed by atoms with van der Waals surface area (Å²) in [7, 11) is 0. The molecule has 0 heterocycles. The summed E-state index contributed by atoms with van der Waals surface area (Å²) in [5.74, 6) is 1.50. The summed E-state index contributed by atoms with van der Waals surface area (Å²) in [6.07, 6.45) is 0. The number of halogens is 1. The van der Waals surface area contributed by atoms with E-state index < -0.39 is 0 Å². The summed E-state index contributed by atoms with van der Waals surface area (Å²) >= 11 is 2.29. The van der Waals surface area contributed by atoms with Crippen molar-refractivity contribution in [3.05, 3.63) is 63.2 Å². The fraction of sp³-hybridized carbons (Fsp3) is 0.250. The Morgan fingerprint density at radius 1 is 0.944 bits per heavy atom. The number of hydrogen-bond acceptors (Lipinski definition) is 1. The smallest absolute Gasteiger partial charge is 0.119 e. The van der Waals surface area contributed by atoms with Gasteiger partial charge in [0.2, 0.25) is 0 Å². The predicted octanol–water partition coefficient (Wildman–Crippen LogP) is 4.99. The van der Waals surface area contributed by atoms with Crippen LogP contribution in [0.5, 0.6) is 5.75 Å². The van der Waals surface area contributed by atoms with Crippen molar-refractivity contribution in [3.63, 3.8) is 0 Å². The first kappa shape index (κ1) is 13.4. The molecule has 0 aliphatic rings. The first-order valence-corrected chi connectivity index (χ1v) is 7.20. The second-order valence-electron chi connectivity index (χ2n) is 4.64. The lowest BCUT2D eigenvalue weighted by Gasteiger charge is -2.08. The molecule has 0 unspecified atom stereocenters. The van der Waals surface area contributed by atoms with Gasteiger partial charge in [0.05, 0.1) is 0 Å². The molecule has 0 aromatic heterocycles. The molecule has 0 bridgehead atoms. The van der Waals surface area contributed by atoms with Gasteiger partial charge < -0.3 is 4.74 Å². The highest BCUT2D eigenvalue weighted by Crippen LogP contribution is 2.17. The van der Waals surface area contributed by atoms with Crippen LogP contribution in [0.2, 0.25) is 0 Å². The maximum absolute atomic E-state index is 5.74.